The van der Waals surface area contributed by atoms with Gasteiger partial charge in [-0.05, 0) is 60.6 Å². The van der Waals surface area contributed by atoms with Crippen molar-refractivity contribution in [1.82, 2.24) is 14.7 Å². The van der Waals surface area contributed by atoms with E-state index in [1.165, 1.54) is 6.42 Å². The molecule has 39 heavy (non-hydrogen) atoms. The van der Waals surface area contributed by atoms with Gasteiger partial charge in [0.15, 0.2) is 6.10 Å². The number of carboxylic acid groups (broad SMARTS) is 1. The molecule has 2 N–H and O–H groups in total. The van der Waals surface area contributed by atoms with E-state index in [-0.39, 0.29) is 11.6 Å². The monoisotopic (exact) mass is 525 g/mol. The molecule has 2 aromatic carbocycles. The summed E-state index contributed by atoms with van der Waals surface area (Å²) < 4.78 is 8.19. The van der Waals surface area contributed by atoms with Gasteiger partial charge >= 0.3 is 12.1 Å². The summed E-state index contributed by atoms with van der Waals surface area (Å²) in [5, 5.41) is 12.7. The first-order valence-electron chi connectivity index (χ1n) is 13.8. The summed E-state index contributed by atoms with van der Waals surface area (Å²) >= 11 is 0. The van der Waals surface area contributed by atoms with Gasteiger partial charge in [-0.1, -0.05) is 81.1 Å². The minimum Gasteiger partial charge on any atom is -0.478 e. The molecule has 202 valence electrons. The lowest BCUT2D eigenvalue weighted by molar-refractivity contribution is 0.0697. The number of aryl methyl sites for hydroxylation is 2. The number of ether oxygens (including phenoxy) is 1. The van der Waals surface area contributed by atoms with Gasteiger partial charge < -0.3 is 15.2 Å². The summed E-state index contributed by atoms with van der Waals surface area (Å²) in [5.74, 6) is -0.972. The molecule has 0 radical (unpaired) electrons. The number of amides is 1. The molecule has 1 atom stereocenters. The normalized spacial score (nSPS) is 14.7. The van der Waals surface area contributed by atoms with Crippen molar-refractivity contribution in [3.8, 4) is 11.1 Å². The highest BCUT2D eigenvalue weighted by molar-refractivity contribution is 5.96. The zero-order valence-corrected chi connectivity index (χ0v) is 22.5. The molecular formula is C32H35N3O4. The Morgan fingerprint density at radius 1 is 1.05 bits per heavy atom. The van der Waals surface area contributed by atoms with Crippen molar-refractivity contribution in [1.29, 1.82) is 0 Å². The van der Waals surface area contributed by atoms with E-state index < -0.39 is 18.2 Å². The van der Waals surface area contributed by atoms with Crippen LogP contribution in [0.1, 0.15) is 84.4 Å². The van der Waals surface area contributed by atoms with Crippen LogP contribution in [0.4, 0.5) is 4.79 Å². The van der Waals surface area contributed by atoms with Crippen molar-refractivity contribution < 1.29 is 19.4 Å². The Kier molecular flexibility index (Phi) is 7.96. The number of nitrogens with one attached hydrogen (secondary N) is 1. The number of rotatable bonds is 8. The molecule has 1 fully saturated rings. The number of carbonyl (C=O) groups is 2. The summed E-state index contributed by atoms with van der Waals surface area (Å²) in [6.45, 7) is 4.16. The van der Waals surface area contributed by atoms with Crippen LogP contribution in [0.2, 0.25) is 0 Å². The number of hydrogen-bond donors (Lipinski definition) is 2. The Hall–Kier alpha value is -4.13. The molecule has 0 bridgehead atoms. The van der Waals surface area contributed by atoms with E-state index in [1.807, 2.05) is 60.0 Å². The second-order valence-electron chi connectivity index (χ2n) is 10.4. The lowest BCUT2D eigenvalue weighted by atomic mass is 9.96. The standard InChI is InChI=1S/C32H35N3O4/c1-3-9-25-20-35-28(19-14-21(2)30(35)33-25)29(39-32(38)34-24-10-5-4-6-11-24)23-17-15-22(16-18-23)26-12-7-8-13-27(26)31(36)37/h7-8,12-20,24,29H,3-6,9-11H2,1-2H3,(H,34,38)(H,36,37)/t29-/m1/s1. The van der Waals surface area contributed by atoms with Gasteiger partial charge in [-0.25, -0.2) is 14.6 Å². The number of aromatic carboxylic acids is 1. The van der Waals surface area contributed by atoms with Crippen LogP contribution < -0.4 is 5.32 Å². The fraction of sp³-hybridized carbons (Fsp3) is 0.344. The van der Waals surface area contributed by atoms with E-state index in [0.29, 0.717) is 5.56 Å². The van der Waals surface area contributed by atoms with E-state index in [2.05, 4.69) is 12.2 Å². The van der Waals surface area contributed by atoms with E-state index in [1.54, 1.807) is 18.2 Å². The van der Waals surface area contributed by atoms with Crippen LogP contribution in [0.5, 0.6) is 0 Å². The molecular weight excluding hydrogens is 490 g/mol. The number of imidazole rings is 1. The number of nitrogens with zero attached hydrogens (tertiary/aromatic N) is 2. The smallest absolute Gasteiger partial charge is 0.408 e. The Bertz CT molecular complexity index is 1470. The van der Waals surface area contributed by atoms with Crippen molar-refractivity contribution in [2.24, 2.45) is 0 Å². The highest BCUT2D eigenvalue weighted by atomic mass is 16.6. The lowest BCUT2D eigenvalue weighted by Crippen LogP contribution is -2.37. The molecule has 1 aliphatic carbocycles. The van der Waals surface area contributed by atoms with Crippen molar-refractivity contribution in [3.63, 3.8) is 0 Å². The topological polar surface area (TPSA) is 92.9 Å². The van der Waals surface area contributed by atoms with Crippen LogP contribution in [0.3, 0.4) is 0 Å². The van der Waals surface area contributed by atoms with Crippen LogP contribution in [0.25, 0.3) is 16.8 Å². The van der Waals surface area contributed by atoms with E-state index >= 15 is 0 Å². The third-order valence-corrected chi connectivity index (χ3v) is 7.50. The van der Waals surface area contributed by atoms with Gasteiger partial charge in [0.1, 0.15) is 5.65 Å². The highest BCUT2D eigenvalue weighted by Gasteiger charge is 2.25. The molecule has 0 spiro atoms. The van der Waals surface area contributed by atoms with Gasteiger partial charge in [0.25, 0.3) is 0 Å². The summed E-state index contributed by atoms with van der Waals surface area (Å²) in [6, 6.07) is 18.7. The Labute approximate surface area is 228 Å². The number of aromatic nitrogens is 2. The van der Waals surface area contributed by atoms with Crippen molar-refractivity contribution in [3.05, 3.63) is 94.9 Å². The molecule has 1 amide bonds. The Morgan fingerprint density at radius 3 is 2.51 bits per heavy atom. The number of alkyl carbamates (subject to hydrolysis) is 1. The zero-order chi connectivity index (χ0) is 27.4. The fourth-order valence-corrected chi connectivity index (χ4v) is 5.47. The first kappa shape index (κ1) is 26.5. The van der Waals surface area contributed by atoms with Gasteiger partial charge in [-0.2, -0.15) is 0 Å². The first-order valence-corrected chi connectivity index (χ1v) is 13.8. The predicted molar refractivity (Wildman–Crippen MR) is 151 cm³/mol. The minimum atomic E-state index is -0.972. The van der Waals surface area contributed by atoms with Gasteiger partial charge in [-0.15, -0.1) is 0 Å². The summed E-state index contributed by atoms with van der Waals surface area (Å²) in [5.41, 5.74) is 6.16. The van der Waals surface area contributed by atoms with Gasteiger partial charge in [-0.3, -0.25) is 4.40 Å². The molecule has 0 aliphatic heterocycles. The predicted octanol–water partition coefficient (Wildman–Crippen LogP) is 7.11. The highest BCUT2D eigenvalue weighted by Crippen LogP contribution is 2.32. The SMILES string of the molecule is CCCc1cn2c([C@H](OC(=O)NC3CCCCC3)c3ccc(-c4ccccc4C(=O)O)cc3)ccc(C)c2n1. The summed E-state index contributed by atoms with van der Waals surface area (Å²) in [4.78, 5) is 29.8. The quantitative estimate of drug-likeness (QED) is 0.256. The van der Waals surface area contributed by atoms with Crippen molar-refractivity contribution >= 4 is 17.7 Å². The van der Waals surface area contributed by atoms with Crippen LogP contribution >= 0.6 is 0 Å². The number of benzene rings is 2. The molecule has 5 rings (SSSR count). The molecule has 0 saturated heterocycles. The average Bonchev–Trinajstić information content (AvgIpc) is 3.38. The second-order valence-corrected chi connectivity index (χ2v) is 10.4. The average molecular weight is 526 g/mol. The number of hydrogen-bond acceptors (Lipinski definition) is 4. The maximum absolute atomic E-state index is 13.2. The third-order valence-electron chi connectivity index (χ3n) is 7.50. The fourth-order valence-electron chi connectivity index (χ4n) is 5.47. The summed E-state index contributed by atoms with van der Waals surface area (Å²) in [7, 11) is 0. The van der Waals surface area contributed by atoms with Gasteiger partial charge in [0.2, 0.25) is 0 Å². The van der Waals surface area contributed by atoms with Crippen molar-refractivity contribution in [2.75, 3.05) is 0 Å². The van der Waals surface area contributed by atoms with Crippen molar-refractivity contribution in [2.45, 2.75) is 70.9 Å². The number of carbonyl (C=O) groups excluding carboxylic acids is 1. The second kappa shape index (κ2) is 11.7. The van der Waals surface area contributed by atoms with Gasteiger partial charge in [0.05, 0.1) is 17.0 Å². The molecule has 1 aliphatic rings. The van der Waals surface area contributed by atoms with E-state index in [4.69, 9.17) is 9.72 Å². The lowest BCUT2D eigenvalue weighted by Gasteiger charge is -2.25. The zero-order valence-electron chi connectivity index (χ0n) is 22.5. The van der Waals surface area contributed by atoms with Crippen LogP contribution in [0.15, 0.2) is 66.9 Å². The largest absolute Gasteiger partial charge is 0.478 e. The maximum Gasteiger partial charge on any atom is 0.408 e. The number of pyridine rings is 1. The molecule has 2 aromatic heterocycles. The summed E-state index contributed by atoms with van der Waals surface area (Å²) in [6.07, 6.45) is 8.14. The third kappa shape index (κ3) is 5.82. The molecule has 1 saturated carbocycles. The molecule has 7 nitrogen and oxygen atoms in total. The molecule has 2 heterocycles. The molecule has 0 unspecified atom stereocenters. The van der Waals surface area contributed by atoms with E-state index in [9.17, 15) is 14.7 Å². The minimum absolute atomic E-state index is 0.129. The maximum atomic E-state index is 13.2. The van der Waals surface area contributed by atoms with Gasteiger partial charge in [0, 0.05) is 12.2 Å². The van der Waals surface area contributed by atoms with Crippen LogP contribution in [-0.4, -0.2) is 32.6 Å². The van der Waals surface area contributed by atoms with E-state index in [0.717, 1.165) is 72.3 Å². The Balaban J connectivity index is 1.53. The Morgan fingerprint density at radius 2 is 1.79 bits per heavy atom. The number of fused-ring (bicyclic) bond motifs is 1. The molecule has 7 heteroatoms. The molecule has 4 aromatic rings. The number of carboxylic acids is 1. The van der Waals surface area contributed by atoms with Crippen LogP contribution in [-0.2, 0) is 11.2 Å². The first-order chi connectivity index (χ1) is 18.9. The van der Waals surface area contributed by atoms with Crippen LogP contribution in [0, 0.1) is 6.92 Å².